The molecule has 0 aromatic carbocycles. The topological polar surface area (TPSA) is 87.5 Å². The van der Waals surface area contributed by atoms with E-state index >= 15 is 0 Å². The molecule has 0 fully saturated rings. The molecule has 0 saturated carbocycles. The number of rotatable bonds is 3. The van der Waals surface area contributed by atoms with Crippen LogP contribution in [-0.4, -0.2) is 29.9 Å². The number of hydrogen-bond acceptors (Lipinski definition) is 4. The summed E-state index contributed by atoms with van der Waals surface area (Å²) in [6.07, 6.45) is 0.406. The number of nitrogens with one attached hydrogen (secondary N) is 1. The molecule has 5 nitrogen and oxygen atoms in total. The van der Waals surface area contributed by atoms with E-state index in [-0.39, 0.29) is 0 Å². The van der Waals surface area contributed by atoms with Gasteiger partial charge < -0.3 is 15.3 Å². The van der Waals surface area contributed by atoms with E-state index in [0.717, 1.165) is 0 Å². The van der Waals surface area contributed by atoms with Crippen molar-refractivity contribution in [2.45, 2.75) is 0 Å². The van der Waals surface area contributed by atoms with E-state index in [1.165, 1.54) is 0 Å². The fraction of sp³-hybridized carbons (Fsp3) is 0.250. The van der Waals surface area contributed by atoms with Gasteiger partial charge in [-0.05, 0) is 0 Å². The maximum absolute atomic E-state index is 9.99. The molecule has 2 N–H and O–H groups in total. The summed E-state index contributed by atoms with van der Waals surface area (Å²) in [5.74, 6) is -2.18. The zero-order valence-corrected chi connectivity index (χ0v) is 4.46. The third-order valence-corrected chi connectivity index (χ3v) is 0.456. The van der Waals surface area contributed by atoms with Crippen molar-refractivity contribution in [3.8, 4) is 0 Å². The highest BCUT2D eigenvalue weighted by molar-refractivity contribution is 6.21. The minimum atomic E-state index is -1.23. The Bertz CT molecular complexity index is 142. The molecule has 0 atom stereocenters. The molecule has 0 amide bonds. The van der Waals surface area contributed by atoms with Gasteiger partial charge in [0.15, 0.2) is 6.61 Å². The van der Waals surface area contributed by atoms with Crippen LogP contribution in [0.2, 0.25) is 0 Å². The zero-order valence-electron chi connectivity index (χ0n) is 4.46. The van der Waals surface area contributed by atoms with E-state index in [1.807, 2.05) is 0 Å². The monoisotopic (exact) mass is 131 g/mol. The molecule has 50 valence electrons. The van der Waals surface area contributed by atoms with Gasteiger partial charge in [-0.3, -0.25) is 0 Å². The highest BCUT2D eigenvalue weighted by Gasteiger charge is 1.99. The van der Waals surface area contributed by atoms with Crippen LogP contribution in [0.4, 0.5) is 0 Å². The number of carbonyl (C=O) groups excluding carboxylic acids is 1. The summed E-state index contributed by atoms with van der Waals surface area (Å²) in [5, 5.41) is 14.2. The summed E-state index contributed by atoms with van der Waals surface area (Å²) in [4.78, 5) is 19.7. The van der Waals surface area contributed by atoms with Crippen molar-refractivity contribution in [1.29, 1.82) is 5.41 Å². The van der Waals surface area contributed by atoms with E-state index in [9.17, 15) is 9.59 Å². The number of carbonyl (C=O) groups is 2. The molecule has 9 heavy (non-hydrogen) atoms. The quantitative estimate of drug-likeness (QED) is 0.390. The summed E-state index contributed by atoms with van der Waals surface area (Å²) >= 11 is 0. The second kappa shape index (κ2) is 3.59. The second-order valence-corrected chi connectivity index (χ2v) is 1.15. The molecule has 0 heterocycles. The normalized spacial score (nSPS) is 8.00. The minimum Gasteiger partial charge on any atom is -0.479 e. The molecule has 0 aliphatic heterocycles. The molecular weight excluding hydrogens is 126 g/mol. The van der Waals surface area contributed by atoms with Crippen LogP contribution in [0.5, 0.6) is 0 Å². The lowest BCUT2D eigenvalue weighted by Crippen LogP contribution is -2.12. The minimum absolute atomic E-state index is 0.406. The highest BCUT2D eigenvalue weighted by Crippen LogP contribution is 1.72. The van der Waals surface area contributed by atoms with Crippen LogP contribution < -0.4 is 0 Å². The molecule has 5 heteroatoms. The van der Waals surface area contributed by atoms with Crippen LogP contribution in [0.3, 0.4) is 0 Å². The Balaban J connectivity index is 3.39. The fourth-order valence-electron chi connectivity index (χ4n) is 0.175. The second-order valence-electron chi connectivity index (χ2n) is 1.15. The van der Waals surface area contributed by atoms with Crippen molar-refractivity contribution < 1.29 is 19.4 Å². The molecule has 0 aliphatic carbocycles. The molecule has 0 unspecified atom stereocenters. The highest BCUT2D eigenvalue weighted by atomic mass is 16.5. The van der Waals surface area contributed by atoms with E-state index in [2.05, 4.69) is 4.74 Å². The summed E-state index contributed by atoms with van der Waals surface area (Å²) in [6.45, 7) is -0.686. The maximum Gasteiger partial charge on any atom is 0.349 e. The van der Waals surface area contributed by atoms with Crippen molar-refractivity contribution in [2.75, 3.05) is 6.61 Å². The van der Waals surface area contributed by atoms with Crippen molar-refractivity contribution in [2.24, 2.45) is 0 Å². The lowest BCUT2D eigenvalue weighted by molar-refractivity contribution is -0.150. The number of carboxylic acid groups (broad SMARTS) is 1. The van der Waals surface area contributed by atoms with E-state index in [4.69, 9.17) is 10.5 Å². The van der Waals surface area contributed by atoms with Gasteiger partial charge >= 0.3 is 11.9 Å². The van der Waals surface area contributed by atoms with E-state index < -0.39 is 18.5 Å². The van der Waals surface area contributed by atoms with Gasteiger partial charge in [0.25, 0.3) is 0 Å². The Morgan fingerprint density at radius 2 is 2.22 bits per heavy atom. The Labute approximate surface area is 50.8 Å². The van der Waals surface area contributed by atoms with Gasteiger partial charge in [0, 0.05) is 0 Å². The Morgan fingerprint density at radius 3 is 2.56 bits per heavy atom. The average Bonchev–Trinajstić information content (AvgIpc) is 1.83. The Kier molecular flexibility index (Phi) is 3.04. The molecule has 0 aliphatic rings. The van der Waals surface area contributed by atoms with Crippen LogP contribution in [0.1, 0.15) is 0 Å². The van der Waals surface area contributed by atoms with Gasteiger partial charge in [-0.15, -0.1) is 0 Å². The van der Waals surface area contributed by atoms with Gasteiger partial charge in [-0.2, -0.15) is 0 Å². The SMILES string of the molecule is N=CC(=O)OCC(=O)O. The van der Waals surface area contributed by atoms with Crippen LogP contribution in [0.25, 0.3) is 0 Å². The average molecular weight is 131 g/mol. The molecule has 0 saturated heterocycles. The van der Waals surface area contributed by atoms with Crippen molar-refractivity contribution in [3.05, 3.63) is 0 Å². The predicted molar refractivity (Wildman–Crippen MR) is 27.4 cm³/mol. The van der Waals surface area contributed by atoms with Crippen LogP contribution >= 0.6 is 0 Å². The molecule has 0 rings (SSSR count). The Morgan fingerprint density at radius 1 is 1.67 bits per heavy atom. The third kappa shape index (κ3) is 4.46. The number of esters is 1. The van der Waals surface area contributed by atoms with Gasteiger partial charge in [0.05, 0.1) is 0 Å². The van der Waals surface area contributed by atoms with Crippen LogP contribution in [0.15, 0.2) is 0 Å². The maximum atomic E-state index is 9.99. The molecule has 0 radical (unpaired) electrons. The van der Waals surface area contributed by atoms with Gasteiger partial charge in [-0.1, -0.05) is 0 Å². The summed E-state index contributed by atoms with van der Waals surface area (Å²) in [6, 6.07) is 0. The van der Waals surface area contributed by atoms with Crippen molar-refractivity contribution >= 4 is 18.2 Å². The number of ether oxygens (including phenoxy) is 1. The first-order valence-corrected chi connectivity index (χ1v) is 2.06. The molecular formula is C4H5NO4. The standard InChI is InChI=1S/C4H5NO4/c5-1-4(8)9-2-3(6)7/h1,5H,2H2,(H,6,7). The molecule has 0 aromatic rings. The van der Waals surface area contributed by atoms with Gasteiger partial charge in [0.2, 0.25) is 0 Å². The zero-order chi connectivity index (χ0) is 7.28. The van der Waals surface area contributed by atoms with Gasteiger partial charge in [-0.25, -0.2) is 9.59 Å². The van der Waals surface area contributed by atoms with Crippen LogP contribution in [0, 0.1) is 5.41 Å². The van der Waals surface area contributed by atoms with Crippen molar-refractivity contribution in [3.63, 3.8) is 0 Å². The first kappa shape index (κ1) is 7.61. The summed E-state index contributed by atoms with van der Waals surface area (Å²) in [5.41, 5.74) is 0. The third-order valence-electron chi connectivity index (χ3n) is 0.456. The van der Waals surface area contributed by atoms with Crippen molar-refractivity contribution in [1.82, 2.24) is 0 Å². The molecule has 0 aromatic heterocycles. The fourth-order valence-corrected chi connectivity index (χ4v) is 0.175. The van der Waals surface area contributed by atoms with E-state index in [1.54, 1.807) is 0 Å². The van der Waals surface area contributed by atoms with Crippen LogP contribution in [-0.2, 0) is 14.3 Å². The number of hydrogen-bond donors (Lipinski definition) is 2. The smallest absolute Gasteiger partial charge is 0.349 e. The Hall–Kier alpha value is -1.39. The first-order chi connectivity index (χ1) is 4.16. The lowest BCUT2D eigenvalue weighted by atomic mass is 10.7. The largest absolute Gasteiger partial charge is 0.479 e. The number of carboxylic acids is 1. The van der Waals surface area contributed by atoms with Gasteiger partial charge in [0.1, 0.15) is 6.21 Å². The van der Waals surface area contributed by atoms with E-state index in [0.29, 0.717) is 6.21 Å². The summed E-state index contributed by atoms with van der Waals surface area (Å²) < 4.78 is 3.97. The first-order valence-electron chi connectivity index (χ1n) is 2.06. The number of aliphatic carboxylic acids is 1. The molecule has 0 bridgehead atoms. The summed E-state index contributed by atoms with van der Waals surface area (Å²) in [7, 11) is 0. The lowest BCUT2D eigenvalue weighted by Gasteiger charge is -1.92. The molecule has 0 spiro atoms. The predicted octanol–water partition coefficient (Wildman–Crippen LogP) is -0.736.